The van der Waals surface area contributed by atoms with Gasteiger partial charge in [-0.25, -0.2) is 0 Å². The van der Waals surface area contributed by atoms with Crippen LogP contribution in [-0.2, 0) is 9.47 Å². The molecular weight excluding hydrogens is 176 g/mol. The standard InChI is InChI=1S/C12H22O2/c1-6-7-10-13-8-12(4,5)11(14-10)9(2)3/h6-7,9-11H,8H2,1-5H3/b7-6+/t10-,11-/m0/s1. The van der Waals surface area contributed by atoms with Gasteiger partial charge in [-0.05, 0) is 18.9 Å². The van der Waals surface area contributed by atoms with E-state index < -0.39 is 0 Å². The van der Waals surface area contributed by atoms with Gasteiger partial charge in [0, 0.05) is 5.41 Å². The average Bonchev–Trinajstić information content (AvgIpc) is 2.08. The zero-order valence-electron chi connectivity index (χ0n) is 9.91. The lowest BCUT2D eigenvalue weighted by atomic mass is 9.80. The number of allylic oxidation sites excluding steroid dienone is 1. The van der Waals surface area contributed by atoms with E-state index in [2.05, 4.69) is 27.7 Å². The van der Waals surface area contributed by atoms with Crippen LogP contribution >= 0.6 is 0 Å². The molecule has 1 fully saturated rings. The van der Waals surface area contributed by atoms with Gasteiger partial charge in [-0.2, -0.15) is 0 Å². The van der Waals surface area contributed by atoms with E-state index in [4.69, 9.17) is 9.47 Å². The summed E-state index contributed by atoms with van der Waals surface area (Å²) in [5.41, 5.74) is 0.117. The molecule has 0 amide bonds. The van der Waals surface area contributed by atoms with Crippen molar-refractivity contribution in [3.8, 4) is 0 Å². The van der Waals surface area contributed by atoms with Gasteiger partial charge in [-0.1, -0.05) is 33.8 Å². The maximum atomic E-state index is 5.89. The Bertz CT molecular complexity index is 206. The minimum absolute atomic E-state index is 0.117. The predicted octanol–water partition coefficient (Wildman–Crippen LogP) is 2.99. The van der Waals surface area contributed by atoms with Gasteiger partial charge in [0.1, 0.15) is 0 Å². The molecule has 2 heteroatoms. The SMILES string of the molecule is C/C=C/[C@H]1OCC(C)(C)[C@H](C(C)C)O1. The summed E-state index contributed by atoms with van der Waals surface area (Å²) in [5.74, 6) is 0.529. The molecule has 1 aliphatic heterocycles. The summed E-state index contributed by atoms with van der Waals surface area (Å²) >= 11 is 0. The van der Waals surface area contributed by atoms with Crippen LogP contribution in [0.3, 0.4) is 0 Å². The highest BCUT2D eigenvalue weighted by atomic mass is 16.7. The fraction of sp³-hybridized carbons (Fsp3) is 0.833. The summed E-state index contributed by atoms with van der Waals surface area (Å²) in [6.45, 7) is 11.5. The molecule has 0 N–H and O–H groups in total. The van der Waals surface area contributed by atoms with Gasteiger partial charge < -0.3 is 9.47 Å². The summed E-state index contributed by atoms with van der Waals surface area (Å²) in [5, 5.41) is 0. The first-order valence-electron chi connectivity index (χ1n) is 5.37. The first-order valence-corrected chi connectivity index (χ1v) is 5.37. The highest BCUT2D eigenvalue weighted by Gasteiger charge is 2.38. The van der Waals surface area contributed by atoms with Crippen molar-refractivity contribution >= 4 is 0 Å². The minimum atomic E-state index is -0.152. The third-order valence-electron chi connectivity index (χ3n) is 2.63. The smallest absolute Gasteiger partial charge is 0.177 e. The number of rotatable bonds is 2. The van der Waals surface area contributed by atoms with Crippen LogP contribution in [0.25, 0.3) is 0 Å². The summed E-state index contributed by atoms with van der Waals surface area (Å²) in [4.78, 5) is 0. The molecule has 0 bridgehead atoms. The molecule has 0 aromatic rings. The van der Waals surface area contributed by atoms with Gasteiger partial charge in [0.2, 0.25) is 0 Å². The summed E-state index contributed by atoms with van der Waals surface area (Å²) in [6, 6.07) is 0. The molecule has 0 aromatic carbocycles. The highest BCUT2D eigenvalue weighted by Crippen LogP contribution is 2.34. The van der Waals surface area contributed by atoms with Crippen LogP contribution in [0.4, 0.5) is 0 Å². The van der Waals surface area contributed by atoms with Crippen LogP contribution in [0.5, 0.6) is 0 Å². The van der Waals surface area contributed by atoms with Crippen molar-refractivity contribution in [2.75, 3.05) is 6.61 Å². The molecule has 0 aromatic heterocycles. The van der Waals surface area contributed by atoms with Gasteiger partial charge in [0.05, 0.1) is 12.7 Å². The fourth-order valence-electron chi connectivity index (χ4n) is 2.06. The summed E-state index contributed by atoms with van der Waals surface area (Å²) in [6.07, 6.45) is 4.06. The molecule has 1 heterocycles. The van der Waals surface area contributed by atoms with Crippen molar-refractivity contribution in [1.82, 2.24) is 0 Å². The van der Waals surface area contributed by atoms with E-state index >= 15 is 0 Å². The molecule has 0 spiro atoms. The number of ether oxygens (including phenoxy) is 2. The normalized spacial score (nSPS) is 32.7. The number of hydrogen-bond donors (Lipinski definition) is 0. The Kier molecular flexibility index (Phi) is 3.73. The van der Waals surface area contributed by atoms with Crippen LogP contribution in [0.2, 0.25) is 0 Å². The third kappa shape index (κ3) is 2.58. The average molecular weight is 198 g/mol. The third-order valence-corrected chi connectivity index (χ3v) is 2.63. The van der Waals surface area contributed by atoms with E-state index in [1.54, 1.807) is 0 Å². The zero-order valence-corrected chi connectivity index (χ0v) is 9.91. The Morgan fingerprint density at radius 1 is 1.36 bits per heavy atom. The molecule has 1 aliphatic rings. The molecule has 0 saturated carbocycles. The largest absolute Gasteiger partial charge is 0.348 e. The first-order chi connectivity index (χ1) is 6.47. The topological polar surface area (TPSA) is 18.5 Å². The molecule has 0 radical (unpaired) electrons. The van der Waals surface area contributed by atoms with Crippen molar-refractivity contribution in [3.05, 3.63) is 12.2 Å². The van der Waals surface area contributed by atoms with Crippen LogP contribution in [0.1, 0.15) is 34.6 Å². The fourth-order valence-corrected chi connectivity index (χ4v) is 2.06. The summed E-state index contributed by atoms with van der Waals surface area (Å²) in [7, 11) is 0. The van der Waals surface area contributed by atoms with Crippen LogP contribution < -0.4 is 0 Å². The second-order valence-electron chi connectivity index (χ2n) is 4.99. The van der Waals surface area contributed by atoms with Crippen LogP contribution in [0.15, 0.2) is 12.2 Å². The van der Waals surface area contributed by atoms with Crippen molar-refractivity contribution in [2.24, 2.45) is 11.3 Å². The van der Waals surface area contributed by atoms with E-state index in [0.717, 1.165) is 6.61 Å². The van der Waals surface area contributed by atoms with Gasteiger partial charge in [0.15, 0.2) is 6.29 Å². The van der Waals surface area contributed by atoms with E-state index in [9.17, 15) is 0 Å². The summed E-state index contributed by atoms with van der Waals surface area (Å²) < 4.78 is 11.5. The molecule has 1 saturated heterocycles. The van der Waals surface area contributed by atoms with E-state index in [-0.39, 0.29) is 17.8 Å². The number of hydrogen-bond acceptors (Lipinski definition) is 2. The lowest BCUT2D eigenvalue weighted by Gasteiger charge is -2.43. The van der Waals surface area contributed by atoms with E-state index in [1.165, 1.54) is 0 Å². The minimum Gasteiger partial charge on any atom is -0.348 e. The second kappa shape index (κ2) is 4.45. The Labute approximate surface area is 87.3 Å². The van der Waals surface area contributed by atoms with E-state index in [0.29, 0.717) is 5.92 Å². The Morgan fingerprint density at radius 2 is 2.00 bits per heavy atom. The molecule has 0 unspecified atom stereocenters. The lowest BCUT2D eigenvalue weighted by Crippen LogP contribution is -2.47. The van der Waals surface area contributed by atoms with Gasteiger partial charge in [-0.3, -0.25) is 0 Å². The molecule has 1 rings (SSSR count). The molecule has 14 heavy (non-hydrogen) atoms. The lowest BCUT2D eigenvalue weighted by molar-refractivity contribution is -0.249. The van der Waals surface area contributed by atoms with Crippen molar-refractivity contribution in [1.29, 1.82) is 0 Å². The molecule has 2 nitrogen and oxygen atoms in total. The molecule has 0 aliphatic carbocycles. The van der Waals surface area contributed by atoms with Gasteiger partial charge in [0.25, 0.3) is 0 Å². The van der Waals surface area contributed by atoms with Crippen LogP contribution in [-0.4, -0.2) is 19.0 Å². The van der Waals surface area contributed by atoms with E-state index in [1.807, 2.05) is 19.1 Å². The molecule has 82 valence electrons. The molecule has 2 atom stereocenters. The maximum absolute atomic E-state index is 5.89. The second-order valence-corrected chi connectivity index (χ2v) is 4.99. The highest BCUT2D eigenvalue weighted by molar-refractivity contribution is 4.90. The van der Waals surface area contributed by atoms with Crippen molar-refractivity contribution in [2.45, 2.75) is 47.0 Å². The monoisotopic (exact) mass is 198 g/mol. The Balaban J connectivity index is 2.67. The first kappa shape index (κ1) is 11.7. The Hall–Kier alpha value is -0.340. The Morgan fingerprint density at radius 3 is 2.50 bits per heavy atom. The van der Waals surface area contributed by atoms with Gasteiger partial charge >= 0.3 is 0 Å². The van der Waals surface area contributed by atoms with Crippen molar-refractivity contribution < 1.29 is 9.47 Å². The predicted molar refractivity (Wildman–Crippen MR) is 58.0 cm³/mol. The van der Waals surface area contributed by atoms with Crippen molar-refractivity contribution in [3.63, 3.8) is 0 Å². The van der Waals surface area contributed by atoms with Crippen LogP contribution in [0, 0.1) is 11.3 Å². The van der Waals surface area contributed by atoms with Gasteiger partial charge in [-0.15, -0.1) is 0 Å². The quantitative estimate of drug-likeness (QED) is 0.635. The maximum Gasteiger partial charge on any atom is 0.177 e. The molecular formula is C12H22O2. The zero-order chi connectivity index (χ0) is 10.8.